The number of ether oxygens (including phenoxy) is 1. The standard InChI is InChI=1S/C16H23NO2/c1-16(2,3)11-6-9-14(19-12-7-8-12)13(10-11)15(18)17(4)5/h6,9-10,12H,7-8H2,1-5H3. The first-order chi connectivity index (χ1) is 8.79. The first-order valence-corrected chi connectivity index (χ1v) is 6.82. The van der Waals surface area contributed by atoms with Crippen molar-refractivity contribution in [2.75, 3.05) is 14.1 Å². The lowest BCUT2D eigenvalue weighted by Gasteiger charge is -2.22. The summed E-state index contributed by atoms with van der Waals surface area (Å²) in [5, 5.41) is 0. The van der Waals surface area contributed by atoms with E-state index in [-0.39, 0.29) is 11.3 Å². The molecule has 1 saturated carbocycles. The third-order valence-electron chi connectivity index (χ3n) is 3.30. The highest BCUT2D eigenvalue weighted by Crippen LogP contribution is 2.33. The lowest BCUT2D eigenvalue weighted by Crippen LogP contribution is -2.23. The maximum absolute atomic E-state index is 12.3. The van der Waals surface area contributed by atoms with E-state index in [2.05, 4.69) is 26.8 Å². The maximum Gasteiger partial charge on any atom is 0.257 e. The fourth-order valence-electron chi connectivity index (χ4n) is 1.87. The Morgan fingerprint density at radius 3 is 2.37 bits per heavy atom. The summed E-state index contributed by atoms with van der Waals surface area (Å²) in [6.07, 6.45) is 2.49. The number of amides is 1. The van der Waals surface area contributed by atoms with Crippen molar-refractivity contribution in [1.29, 1.82) is 0 Å². The van der Waals surface area contributed by atoms with Crippen molar-refractivity contribution in [3.8, 4) is 5.75 Å². The van der Waals surface area contributed by atoms with Crippen molar-refractivity contribution in [3.05, 3.63) is 29.3 Å². The number of nitrogens with zero attached hydrogens (tertiary/aromatic N) is 1. The van der Waals surface area contributed by atoms with Gasteiger partial charge in [-0.15, -0.1) is 0 Å². The molecule has 1 aliphatic carbocycles. The van der Waals surface area contributed by atoms with E-state index < -0.39 is 0 Å². The Hall–Kier alpha value is -1.51. The average Bonchev–Trinajstić information content (AvgIpc) is 3.11. The van der Waals surface area contributed by atoms with Crippen molar-refractivity contribution in [1.82, 2.24) is 4.90 Å². The third kappa shape index (κ3) is 3.28. The van der Waals surface area contributed by atoms with Crippen molar-refractivity contribution in [3.63, 3.8) is 0 Å². The molecule has 0 aliphatic heterocycles. The second-order valence-corrected chi connectivity index (χ2v) is 6.48. The molecule has 0 N–H and O–H groups in total. The predicted molar refractivity (Wildman–Crippen MR) is 76.8 cm³/mol. The van der Waals surface area contributed by atoms with Crippen LogP contribution in [0.1, 0.15) is 49.5 Å². The van der Waals surface area contributed by atoms with Crippen molar-refractivity contribution < 1.29 is 9.53 Å². The fraction of sp³-hybridized carbons (Fsp3) is 0.562. The predicted octanol–water partition coefficient (Wildman–Crippen LogP) is 3.23. The van der Waals surface area contributed by atoms with Crippen LogP contribution in [0.2, 0.25) is 0 Å². The highest BCUT2D eigenvalue weighted by atomic mass is 16.5. The summed E-state index contributed by atoms with van der Waals surface area (Å²) in [6, 6.07) is 5.97. The Balaban J connectivity index is 2.40. The van der Waals surface area contributed by atoms with Crippen LogP contribution in [-0.2, 0) is 5.41 Å². The van der Waals surface area contributed by atoms with E-state index in [0.717, 1.165) is 18.4 Å². The van der Waals surface area contributed by atoms with Gasteiger partial charge in [-0.05, 0) is 36.0 Å². The van der Waals surface area contributed by atoms with E-state index in [0.29, 0.717) is 17.4 Å². The van der Waals surface area contributed by atoms with Crippen LogP contribution in [0.15, 0.2) is 18.2 Å². The third-order valence-corrected chi connectivity index (χ3v) is 3.30. The Labute approximate surface area is 115 Å². The average molecular weight is 261 g/mol. The van der Waals surface area contributed by atoms with Crippen LogP contribution in [0.25, 0.3) is 0 Å². The minimum absolute atomic E-state index is 0.00162. The van der Waals surface area contributed by atoms with Crippen LogP contribution in [0.4, 0.5) is 0 Å². The lowest BCUT2D eigenvalue weighted by atomic mass is 9.86. The van der Waals surface area contributed by atoms with Gasteiger partial charge in [-0.2, -0.15) is 0 Å². The van der Waals surface area contributed by atoms with E-state index in [1.807, 2.05) is 12.1 Å². The molecular formula is C16H23NO2. The van der Waals surface area contributed by atoms with Crippen LogP contribution in [0.5, 0.6) is 5.75 Å². The highest BCUT2D eigenvalue weighted by Gasteiger charge is 2.27. The van der Waals surface area contributed by atoms with Crippen LogP contribution >= 0.6 is 0 Å². The quantitative estimate of drug-likeness (QED) is 0.836. The molecule has 0 atom stereocenters. The Morgan fingerprint density at radius 1 is 1.26 bits per heavy atom. The van der Waals surface area contributed by atoms with Gasteiger partial charge in [0.05, 0.1) is 11.7 Å². The molecule has 0 saturated heterocycles. The number of rotatable bonds is 3. The van der Waals surface area contributed by atoms with Gasteiger partial charge >= 0.3 is 0 Å². The SMILES string of the molecule is CN(C)C(=O)c1cc(C(C)(C)C)ccc1OC1CC1. The lowest BCUT2D eigenvalue weighted by molar-refractivity contribution is 0.0822. The van der Waals surface area contributed by atoms with E-state index in [9.17, 15) is 4.79 Å². The second kappa shape index (κ2) is 4.87. The molecule has 0 bridgehead atoms. The molecule has 3 heteroatoms. The molecule has 19 heavy (non-hydrogen) atoms. The normalized spacial score (nSPS) is 15.2. The van der Waals surface area contributed by atoms with Gasteiger partial charge in [0.15, 0.2) is 0 Å². The van der Waals surface area contributed by atoms with E-state index in [1.54, 1.807) is 19.0 Å². The molecule has 1 aliphatic rings. The van der Waals surface area contributed by atoms with Crippen LogP contribution in [0, 0.1) is 0 Å². The molecule has 0 unspecified atom stereocenters. The maximum atomic E-state index is 12.3. The molecular weight excluding hydrogens is 238 g/mol. The molecule has 1 fully saturated rings. The number of carbonyl (C=O) groups excluding carboxylic acids is 1. The Kier molecular flexibility index (Phi) is 3.57. The molecule has 0 heterocycles. The number of carbonyl (C=O) groups is 1. The van der Waals surface area contributed by atoms with Crippen molar-refractivity contribution >= 4 is 5.91 Å². The summed E-state index contributed by atoms with van der Waals surface area (Å²) in [4.78, 5) is 13.9. The number of hydrogen-bond acceptors (Lipinski definition) is 2. The van der Waals surface area contributed by atoms with Gasteiger partial charge in [-0.3, -0.25) is 4.79 Å². The molecule has 1 aromatic carbocycles. The van der Waals surface area contributed by atoms with Gasteiger partial charge in [-0.1, -0.05) is 26.8 Å². The summed E-state index contributed by atoms with van der Waals surface area (Å²) in [7, 11) is 3.54. The zero-order valence-electron chi connectivity index (χ0n) is 12.5. The zero-order chi connectivity index (χ0) is 14.2. The first-order valence-electron chi connectivity index (χ1n) is 6.82. The minimum Gasteiger partial charge on any atom is -0.490 e. The summed E-state index contributed by atoms with van der Waals surface area (Å²) in [6.45, 7) is 6.44. The van der Waals surface area contributed by atoms with Crippen molar-refractivity contribution in [2.45, 2.75) is 45.1 Å². The van der Waals surface area contributed by atoms with Gasteiger partial charge in [0, 0.05) is 14.1 Å². The van der Waals surface area contributed by atoms with Crippen LogP contribution in [0.3, 0.4) is 0 Å². The molecule has 0 aromatic heterocycles. The van der Waals surface area contributed by atoms with Gasteiger partial charge in [-0.25, -0.2) is 0 Å². The highest BCUT2D eigenvalue weighted by molar-refractivity contribution is 5.96. The van der Waals surface area contributed by atoms with Crippen LogP contribution < -0.4 is 4.74 Å². The molecule has 2 rings (SSSR count). The first kappa shape index (κ1) is 13.9. The molecule has 3 nitrogen and oxygen atoms in total. The Bertz CT molecular complexity index is 482. The number of hydrogen-bond donors (Lipinski definition) is 0. The van der Waals surface area contributed by atoms with Gasteiger partial charge in [0.25, 0.3) is 5.91 Å². The monoisotopic (exact) mass is 261 g/mol. The zero-order valence-corrected chi connectivity index (χ0v) is 12.5. The Morgan fingerprint density at radius 2 is 1.89 bits per heavy atom. The van der Waals surface area contributed by atoms with E-state index in [4.69, 9.17) is 4.74 Å². The van der Waals surface area contributed by atoms with Gasteiger partial charge < -0.3 is 9.64 Å². The topological polar surface area (TPSA) is 29.5 Å². The fourth-order valence-corrected chi connectivity index (χ4v) is 1.87. The van der Waals surface area contributed by atoms with E-state index in [1.165, 1.54) is 0 Å². The molecule has 1 amide bonds. The van der Waals surface area contributed by atoms with Gasteiger partial charge in [0.2, 0.25) is 0 Å². The summed E-state index contributed by atoms with van der Waals surface area (Å²) < 4.78 is 5.85. The number of benzene rings is 1. The minimum atomic E-state index is 0.00162. The van der Waals surface area contributed by atoms with Crippen LogP contribution in [-0.4, -0.2) is 31.0 Å². The van der Waals surface area contributed by atoms with Gasteiger partial charge in [0.1, 0.15) is 5.75 Å². The van der Waals surface area contributed by atoms with E-state index >= 15 is 0 Å². The molecule has 1 aromatic rings. The second-order valence-electron chi connectivity index (χ2n) is 6.48. The molecule has 104 valence electrons. The summed E-state index contributed by atoms with van der Waals surface area (Å²) >= 11 is 0. The molecule has 0 radical (unpaired) electrons. The largest absolute Gasteiger partial charge is 0.490 e. The smallest absolute Gasteiger partial charge is 0.257 e. The summed E-state index contributed by atoms with van der Waals surface area (Å²) in [5.41, 5.74) is 1.85. The summed E-state index contributed by atoms with van der Waals surface area (Å²) in [5.74, 6) is 0.718. The van der Waals surface area contributed by atoms with Crippen molar-refractivity contribution in [2.24, 2.45) is 0 Å². The molecule has 0 spiro atoms.